The Morgan fingerprint density at radius 2 is 1.48 bits per heavy atom. The maximum Gasteiger partial charge on any atom is 0.335 e. The van der Waals surface area contributed by atoms with Crippen LogP contribution in [0.15, 0.2) is 59.5 Å². The van der Waals surface area contributed by atoms with E-state index in [-0.39, 0.29) is 16.8 Å². The highest BCUT2D eigenvalue weighted by Gasteiger charge is 2.28. The van der Waals surface area contributed by atoms with Crippen LogP contribution >= 0.6 is 11.8 Å². The molecule has 4 heteroatoms. The molecule has 1 heterocycles. The second-order valence-corrected chi connectivity index (χ2v) is 8.74. The Morgan fingerprint density at radius 3 is 2.19 bits per heavy atom. The van der Waals surface area contributed by atoms with Gasteiger partial charge in [-0.1, -0.05) is 32.0 Å². The highest BCUT2D eigenvalue weighted by atomic mass is 32.2. The first-order valence-electron chi connectivity index (χ1n) is 8.94. The third kappa shape index (κ3) is 3.26. The molecule has 136 valence electrons. The maximum absolute atomic E-state index is 13.1. The summed E-state index contributed by atoms with van der Waals surface area (Å²) in [5, 5.41) is 10.8. The molecule has 0 amide bonds. The molecular formula is C23H20O3S. The first-order valence-corrected chi connectivity index (χ1v) is 9.93. The van der Waals surface area contributed by atoms with E-state index in [1.807, 2.05) is 36.0 Å². The summed E-state index contributed by atoms with van der Waals surface area (Å²) in [5.41, 5.74) is 2.89. The SMILES string of the molecule is CC1(C)CCSc2ccc(C(=O)c3ccc4cc(C(=O)O)ccc4c3)cc21. The van der Waals surface area contributed by atoms with E-state index in [2.05, 4.69) is 19.9 Å². The molecule has 1 aliphatic heterocycles. The molecule has 27 heavy (non-hydrogen) atoms. The molecule has 0 saturated carbocycles. The van der Waals surface area contributed by atoms with Crippen LogP contribution in [0.2, 0.25) is 0 Å². The lowest BCUT2D eigenvalue weighted by molar-refractivity contribution is 0.0697. The lowest BCUT2D eigenvalue weighted by Crippen LogP contribution is -2.23. The minimum absolute atomic E-state index is 0.00613. The highest BCUT2D eigenvalue weighted by molar-refractivity contribution is 7.99. The summed E-state index contributed by atoms with van der Waals surface area (Å²) < 4.78 is 0. The zero-order valence-corrected chi connectivity index (χ0v) is 16.1. The van der Waals surface area contributed by atoms with Crippen molar-refractivity contribution in [1.82, 2.24) is 0 Å². The summed E-state index contributed by atoms with van der Waals surface area (Å²) in [5.74, 6) is 0.149. The van der Waals surface area contributed by atoms with E-state index in [0.717, 1.165) is 22.9 Å². The number of carboxylic acid groups (broad SMARTS) is 1. The molecule has 0 fully saturated rings. The van der Waals surface area contributed by atoms with Crippen molar-refractivity contribution >= 4 is 34.3 Å². The first-order chi connectivity index (χ1) is 12.8. The van der Waals surface area contributed by atoms with Crippen molar-refractivity contribution in [2.24, 2.45) is 0 Å². The van der Waals surface area contributed by atoms with Gasteiger partial charge < -0.3 is 5.11 Å². The second kappa shape index (κ2) is 6.54. The van der Waals surface area contributed by atoms with Crippen molar-refractivity contribution in [3.63, 3.8) is 0 Å². The molecular weight excluding hydrogens is 356 g/mol. The number of hydrogen-bond acceptors (Lipinski definition) is 3. The standard InChI is InChI=1S/C23H20O3S/c1-23(2)9-10-27-20-8-7-17(13-19(20)23)21(24)16-5-3-15-12-18(22(25)26)6-4-14(15)11-16/h3-8,11-13H,9-10H2,1-2H3,(H,25,26). The molecule has 0 aliphatic carbocycles. The summed E-state index contributed by atoms with van der Waals surface area (Å²) in [7, 11) is 0. The lowest BCUT2D eigenvalue weighted by atomic mass is 9.80. The van der Waals surface area contributed by atoms with Gasteiger partial charge in [0.2, 0.25) is 0 Å². The van der Waals surface area contributed by atoms with Crippen LogP contribution in [-0.2, 0) is 5.41 Å². The quantitative estimate of drug-likeness (QED) is 0.610. The smallest absolute Gasteiger partial charge is 0.335 e. The van der Waals surface area contributed by atoms with Crippen LogP contribution in [0.4, 0.5) is 0 Å². The van der Waals surface area contributed by atoms with Gasteiger partial charge in [-0.15, -0.1) is 11.8 Å². The number of thioether (sulfide) groups is 1. The summed E-state index contributed by atoms with van der Waals surface area (Å²) in [6.07, 6.45) is 1.10. The van der Waals surface area contributed by atoms with E-state index in [4.69, 9.17) is 5.11 Å². The van der Waals surface area contributed by atoms with Crippen LogP contribution in [0.1, 0.15) is 52.1 Å². The number of ketones is 1. The molecule has 0 saturated heterocycles. The minimum Gasteiger partial charge on any atom is -0.478 e. The molecule has 0 unspecified atom stereocenters. The van der Waals surface area contributed by atoms with Gasteiger partial charge in [-0.05, 0) is 70.3 Å². The van der Waals surface area contributed by atoms with Crippen molar-refractivity contribution in [2.45, 2.75) is 30.6 Å². The summed E-state index contributed by atoms with van der Waals surface area (Å²) in [6.45, 7) is 4.46. The Bertz CT molecular complexity index is 1080. The van der Waals surface area contributed by atoms with Gasteiger partial charge in [0.05, 0.1) is 5.56 Å². The average molecular weight is 376 g/mol. The maximum atomic E-state index is 13.1. The monoisotopic (exact) mass is 376 g/mol. The minimum atomic E-state index is -0.952. The third-order valence-corrected chi connectivity index (χ3v) is 6.38. The fourth-order valence-corrected chi connectivity index (χ4v) is 5.05. The van der Waals surface area contributed by atoms with Crippen LogP contribution in [0.3, 0.4) is 0 Å². The van der Waals surface area contributed by atoms with E-state index in [9.17, 15) is 9.59 Å². The van der Waals surface area contributed by atoms with Gasteiger partial charge in [0, 0.05) is 16.0 Å². The predicted molar refractivity (Wildman–Crippen MR) is 109 cm³/mol. The average Bonchev–Trinajstić information content (AvgIpc) is 2.66. The van der Waals surface area contributed by atoms with Crippen molar-refractivity contribution in [3.8, 4) is 0 Å². The molecule has 3 aromatic rings. The molecule has 1 N–H and O–H groups in total. The number of carboxylic acids is 1. The van der Waals surface area contributed by atoms with Crippen molar-refractivity contribution in [2.75, 3.05) is 5.75 Å². The molecule has 3 nitrogen and oxygen atoms in total. The van der Waals surface area contributed by atoms with Crippen LogP contribution in [0.5, 0.6) is 0 Å². The van der Waals surface area contributed by atoms with E-state index in [1.165, 1.54) is 10.5 Å². The molecule has 0 atom stereocenters. The number of rotatable bonds is 3. The predicted octanol–water partition coefficient (Wildman–Crippen LogP) is 5.54. The Hall–Kier alpha value is -2.59. The normalized spacial score (nSPS) is 15.3. The number of benzene rings is 3. The summed E-state index contributed by atoms with van der Waals surface area (Å²) >= 11 is 1.85. The fraction of sp³-hybridized carbons (Fsp3) is 0.217. The Morgan fingerprint density at radius 1 is 0.889 bits per heavy atom. The van der Waals surface area contributed by atoms with E-state index < -0.39 is 5.97 Å². The van der Waals surface area contributed by atoms with Crippen molar-refractivity contribution in [1.29, 1.82) is 0 Å². The number of aromatic carboxylic acids is 1. The Kier molecular flexibility index (Phi) is 4.31. The molecule has 0 bridgehead atoms. The molecule has 1 aliphatic rings. The molecule has 3 aromatic carbocycles. The third-order valence-electron chi connectivity index (χ3n) is 5.30. The van der Waals surface area contributed by atoms with Gasteiger partial charge in [-0.2, -0.15) is 0 Å². The van der Waals surface area contributed by atoms with Gasteiger partial charge >= 0.3 is 5.97 Å². The van der Waals surface area contributed by atoms with Crippen LogP contribution in [0, 0.1) is 0 Å². The van der Waals surface area contributed by atoms with Crippen molar-refractivity contribution in [3.05, 3.63) is 76.9 Å². The highest BCUT2D eigenvalue weighted by Crippen LogP contribution is 2.42. The van der Waals surface area contributed by atoms with Crippen molar-refractivity contribution < 1.29 is 14.7 Å². The van der Waals surface area contributed by atoms with E-state index in [1.54, 1.807) is 24.3 Å². The molecule has 0 radical (unpaired) electrons. The number of carbonyl (C=O) groups excluding carboxylic acids is 1. The molecule has 0 aromatic heterocycles. The number of fused-ring (bicyclic) bond motifs is 2. The summed E-state index contributed by atoms with van der Waals surface area (Å²) in [4.78, 5) is 25.4. The van der Waals surface area contributed by atoms with Gasteiger partial charge in [-0.25, -0.2) is 4.79 Å². The second-order valence-electron chi connectivity index (χ2n) is 7.60. The Balaban J connectivity index is 1.72. The first kappa shape index (κ1) is 17.8. The topological polar surface area (TPSA) is 54.4 Å². The largest absolute Gasteiger partial charge is 0.478 e. The van der Waals surface area contributed by atoms with Gasteiger partial charge in [0.1, 0.15) is 0 Å². The molecule has 0 spiro atoms. The van der Waals surface area contributed by atoms with Crippen LogP contribution < -0.4 is 0 Å². The van der Waals surface area contributed by atoms with Crippen LogP contribution in [0.25, 0.3) is 10.8 Å². The van der Waals surface area contributed by atoms with Gasteiger partial charge in [-0.3, -0.25) is 4.79 Å². The zero-order chi connectivity index (χ0) is 19.2. The Labute approximate surface area is 162 Å². The van der Waals surface area contributed by atoms with Gasteiger partial charge in [0.15, 0.2) is 5.78 Å². The van der Waals surface area contributed by atoms with E-state index >= 15 is 0 Å². The van der Waals surface area contributed by atoms with E-state index in [0.29, 0.717) is 11.1 Å². The zero-order valence-electron chi connectivity index (χ0n) is 15.3. The number of hydrogen-bond donors (Lipinski definition) is 1. The summed E-state index contributed by atoms with van der Waals surface area (Å²) in [6, 6.07) is 16.4. The van der Waals surface area contributed by atoms with Gasteiger partial charge in [0.25, 0.3) is 0 Å². The lowest BCUT2D eigenvalue weighted by Gasteiger charge is -2.32. The fourth-order valence-electron chi connectivity index (χ4n) is 3.56. The number of carbonyl (C=O) groups is 2. The van der Waals surface area contributed by atoms with Crippen LogP contribution in [-0.4, -0.2) is 22.6 Å². The molecule has 4 rings (SSSR count).